The van der Waals surface area contributed by atoms with Crippen molar-refractivity contribution in [2.24, 2.45) is 4.36 Å². The van der Waals surface area contributed by atoms with Gasteiger partial charge in [-0.2, -0.15) is 13.8 Å². The maximum Gasteiger partial charge on any atom is 0.323 e. The minimum atomic E-state index is -2.99. The standard InChI is InChI=1S/C14H16N6O4S2/c1-26(22,18-13(21)11-8-23-4-5-24-11)12-6-16-20-3-2-19(7-10(12)20)14-15-9-17-25-14/h6,8-9H,2-5,7H2,1H3. The molecule has 2 aliphatic rings. The van der Waals surface area contributed by atoms with E-state index in [-0.39, 0.29) is 12.4 Å². The lowest BCUT2D eigenvalue weighted by Crippen LogP contribution is -2.34. The summed E-state index contributed by atoms with van der Waals surface area (Å²) in [7, 11) is -2.99. The smallest absolute Gasteiger partial charge is 0.323 e. The molecular formula is C14H16N6O4S2. The van der Waals surface area contributed by atoms with Gasteiger partial charge in [0.05, 0.1) is 39.6 Å². The molecule has 0 radical (unpaired) electrons. The van der Waals surface area contributed by atoms with Crippen LogP contribution in [-0.4, -0.2) is 55.3 Å². The number of hydrogen-bond donors (Lipinski definition) is 0. The van der Waals surface area contributed by atoms with Crippen LogP contribution in [0.2, 0.25) is 0 Å². The van der Waals surface area contributed by atoms with Gasteiger partial charge in [-0.15, -0.1) is 0 Å². The molecule has 1 amide bonds. The summed E-state index contributed by atoms with van der Waals surface area (Å²) in [6.07, 6.45) is 5.65. The van der Waals surface area contributed by atoms with Crippen molar-refractivity contribution in [3.05, 3.63) is 30.2 Å². The summed E-state index contributed by atoms with van der Waals surface area (Å²) in [6, 6.07) is 0. The van der Waals surface area contributed by atoms with Crippen LogP contribution in [-0.2, 0) is 37.1 Å². The highest BCUT2D eigenvalue weighted by Gasteiger charge is 2.27. The van der Waals surface area contributed by atoms with Crippen molar-refractivity contribution >= 4 is 32.3 Å². The first-order valence-electron chi connectivity index (χ1n) is 7.82. The van der Waals surface area contributed by atoms with E-state index in [0.717, 1.165) is 17.4 Å². The van der Waals surface area contributed by atoms with Crippen LogP contribution in [0.3, 0.4) is 0 Å². The Balaban J connectivity index is 1.65. The number of anilines is 1. The molecule has 0 N–H and O–H groups in total. The number of amides is 1. The van der Waals surface area contributed by atoms with E-state index in [9.17, 15) is 9.00 Å². The van der Waals surface area contributed by atoms with Crippen LogP contribution in [0.1, 0.15) is 5.69 Å². The third-order valence-electron chi connectivity index (χ3n) is 3.98. The van der Waals surface area contributed by atoms with Crippen molar-refractivity contribution in [1.29, 1.82) is 0 Å². The highest BCUT2D eigenvalue weighted by atomic mass is 32.2. The summed E-state index contributed by atoms with van der Waals surface area (Å²) in [6.45, 7) is 2.46. The Morgan fingerprint density at radius 1 is 1.38 bits per heavy atom. The minimum absolute atomic E-state index is 0.0395. The number of fused-ring (bicyclic) bond motifs is 1. The zero-order valence-electron chi connectivity index (χ0n) is 13.9. The maximum atomic E-state index is 13.2. The Kier molecular flexibility index (Phi) is 4.36. The molecule has 2 aromatic rings. The van der Waals surface area contributed by atoms with E-state index >= 15 is 0 Å². The lowest BCUT2D eigenvalue weighted by Gasteiger charge is -2.27. The molecule has 138 valence electrons. The fourth-order valence-corrected chi connectivity index (χ4v) is 4.65. The number of ether oxygens (including phenoxy) is 2. The van der Waals surface area contributed by atoms with Crippen LogP contribution < -0.4 is 4.90 Å². The van der Waals surface area contributed by atoms with Crippen LogP contribution in [0.15, 0.2) is 33.8 Å². The molecular weight excluding hydrogens is 380 g/mol. The molecule has 0 fully saturated rings. The summed E-state index contributed by atoms with van der Waals surface area (Å²) in [4.78, 5) is 19.0. The Hall–Kier alpha value is -2.47. The van der Waals surface area contributed by atoms with Crippen molar-refractivity contribution in [3.8, 4) is 0 Å². The van der Waals surface area contributed by atoms with Gasteiger partial charge in [0.25, 0.3) is 0 Å². The maximum absolute atomic E-state index is 13.2. The van der Waals surface area contributed by atoms with Gasteiger partial charge in [0.15, 0.2) is 0 Å². The molecule has 12 heteroatoms. The Morgan fingerprint density at radius 2 is 2.27 bits per heavy atom. The molecule has 2 aliphatic heterocycles. The molecule has 0 aliphatic carbocycles. The van der Waals surface area contributed by atoms with Crippen molar-refractivity contribution in [2.45, 2.75) is 18.0 Å². The summed E-state index contributed by atoms with van der Waals surface area (Å²) in [5.41, 5.74) is 0.755. The lowest BCUT2D eigenvalue weighted by atomic mass is 10.3. The molecule has 1 atom stereocenters. The largest absolute Gasteiger partial charge is 0.494 e. The van der Waals surface area contributed by atoms with E-state index in [4.69, 9.17) is 9.47 Å². The molecule has 0 aromatic carbocycles. The fraction of sp³-hybridized carbons (Fsp3) is 0.429. The second kappa shape index (κ2) is 6.68. The topological polar surface area (TPSA) is 112 Å². The molecule has 1 unspecified atom stereocenters. The SMILES string of the molecule is CS(=O)(=NC(=O)C1=COCCO1)c1cnn2c1CN(c1ncns1)CC2. The average molecular weight is 396 g/mol. The lowest BCUT2D eigenvalue weighted by molar-refractivity contribution is -0.118. The van der Waals surface area contributed by atoms with Crippen LogP contribution in [0.5, 0.6) is 0 Å². The number of aromatic nitrogens is 4. The summed E-state index contributed by atoms with van der Waals surface area (Å²) < 4.78 is 33.1. The van der Waals surface area contributed by atoms with Crippen LogP contribution in [0.4, 0.5) is 5.13 Å². The van der Waals surface area contributed by atoms with Gasteiger partial charge in [0.1, 0.15) is 25.8 Å². The normalized spacial score (nSPS) is 18.8. The molecule has 26 heavy (non-hydrogen) atoms. The Morgan fingerprint density at radius 3 is 3.00 bits per heavy atom. The first kappa shape index (κ1) is 17.0. The van der Waals surface area contributed by atoms with E-state index in [1.807, 2.05) is 4.90 Å². The summed E-state index contributed by atoms with van der Waals surface area (Å²) >= 11 is 1.30. The molecule has 0 saturated heterocycles. The van der Waals surface area contributed by atoms with Gasteiger partial charge in [-0.25, -0.2) is 9.19 Å². The fourth-order valence-electron chi connectivity index (χ4n) is 2.74. The number of carbonyl (C=O) groups is 1. The highest BCUT2D eigenvalue weighted by molar-refractivity contribution is 7.93. The third-order valence-corrected chi connectivity index (χ3v) is 6.38. The van der Waals surface area contributed by atoms with Gasteiger partial charge in [0.2, 0.25) is 10.9 Å². The Bertz CT molecular complexity index is 974. The highest BCUT2D eigenvalue weighted by Crippen LogP contribution is 2.26. The monoisotopic (exact) mass is 396 g/mol. The van der Waals surface area contributed by atoms with Gasteiger partial charge in [-0.1, -0.05) is 0 Å². The van der Waals surface area contributed by atoms with E-state index in [0.29, 0.717) is 24.6 Å². The predicted octanol–water partition coefficient (Wildman–Crippen LogP) is 0.626. The number of rotatable bonds is 3. The van der Waals surface area contributed by atoms with Crippen molar-refractivity contribution < 1.29 is 18.5 Å². The van der Waals surface area contributed by atoms with E-state index in [1.54, 1.807) is 4.68 Å². The van der Waals surface area contributed by atoms with Crippen LogP contribution in [0, 0.1) is 0 Å². The molecule has 4 rings (SSSR count). The second-order valence-electron chi connectivity index (χ2n) is 5.72. The van der Waals surface area contributed by atoms with Gasteiger partial charge >= 0.3 is 5.91 Å². The third kappa shape index (κ3) is 3.17. The average Bonchev–Trinajstić information content (AvgIpc) is 3.31. The van der Waals surface area contributed by atoms with E-state index < -0.39 is 15.6 Å². The summed E-state index contributed by atoms with van der Waals surface area (Å²) in [5, 5.41) is 5.08. The molecule has 0 spiro atoms. The second-order valence-corrected chi connectivity index (χ2v) is 8.71. The Labute approximate surface area is 153 Å². The zero-order valence-corrected chi connectivity index (χ0v) is 15.5. The molecule has 0 bridgehead atoms. The van der Waals surface area contributed by atoms with Crippen molar-refractivity contribution in [1.82, 2.24) is 19.1 Å². The first-order valence-corrected chi connectivity index (χ1v) is 10.5. The number of hydrogen-bond acceptors (Lipinski definition) is 9. The molecule has 10 nitrogen and oxygen atoms in total. The number of carbonyl (C=O) groups excluding carboxylic acids is 1. The molecule has 2 aromatic heterocycles. The van der Waals surface area contributed by atoms with Gasteiger partial charge in [-0.3, -0.25) is 9.48 Å². The minimum Gasteiger partial charge on any atom is -0.494 e. The van der Waals surface area contributed by atoms with Gasteiger partial charge in [0, 0.05) is 24.3 Å². The molecule has 4 heterocycles. The number of nitrogens with zero attached hydrogens (tertiary/aromatic N) is 6. The van der Waals surface area contributed by atoms with Crippen LogP contribution >= 0.6 is 11.5 Å². The predicted molar refractivity (Wildman–Crippen MR) is 92.9 cm³/mol. The molecule has 0 saturated carbocycles. The van der Waals surface area contributed by atoms with Gasteiger partial charge in [-0.05, 0) is 0 Å². The van der Waals surface area contributed by atoms with E-state index in [1.165, 1.54) is 36.6 Å². The summed E-state index contributed by atoms with van der Waals surface area (Å²) in [5.74, 6) is -0.740. The quantitative estimate of drug-likeness (QED) is 0.742. The first-order chi connectivity index (χ1) is 12.5. The van der Waals surface area contributed by atoms with E-state index in [2.05, 4.69) is 18.8 Å². The van der Waals surface area contributed by atoms with Crippen molar-refractivity contribution in [3.63, 3.8) is 0 Å². The van der Waals surface area contributed by atoms with Gasteiger partial charge < -0.3 is 14.4 Å². The zero-order chi connectivity index (χ0) is 18.1. The van der Waals surface area contributed by atoms with Crippen molar-refractivity contribution in [2.75, 3.05) is 30.9 Å². The van der Waals surface area contributed by atoms with Crippen LogP contribution in [0.25, 0.3) is 0 Å².